The first kappa shape index (κ1) is 13.6. The Morgan fingerprint density at radius 2 is 2.11 bits per heavy atom. The van der Waals surface area contributed by atoms with Gasteiger partial charge in [-0.25, -0.2) is 4.79 Å². The fourth-order valence-electron chi connectivity index (χ4n) is 1.45. The van der Waals surface area contributed by atoms with Crippen molar-refractivity contribution in [2.24, 2.45) is 5.11 Å². The Bertz CT molecular complexity index is 517. The first-order valence-electron chi connectivity index (χ1n) is 5.21. The predicted molar refractivity (Wildman–Crippen MR) is 69.9 cm³/mol. The maximum atomic E-state index is 11.4. The van der Waals surface area contributed by atoms with Crippen LogP contribution in [0.25, 0.3) is 16.5 Å². The van der Waals surface area contributed by atoms with Gasteiger partial charge in [-0.1, -0.05) is 23.3 Å². The second-order valence-corrected chi connectivity index (χ2v) is 3.66. The number of ether oxygens (including phenoxy) is 1. The standard InChI is InChI=1S/C12H14N4O2/c1-16(2)11-7-5-4-6-9(11)8-10(14-15-13)12(17)18-3/h4-8H,1-3H3. The van der Waals surface area contributed by atoms with Crippen LogP contribution in [0.15, 0.2) is 35.1 Å². The number of para-hydroxylation sites is 1. The lowest BCUT2D eigenvalue weighted by Crippen LogP contribution is -2.10. The maximum absolute atomic E-state index is 11.4. The summed E-state index contributed by atoms with van der Waals surface area (Å²) in [5.74, 6) is -0.665. The van der Waals surface area contributed by atoms with Gasteiger partial charge in [-0.05, 0) is 23.2 Å². The van der Waals surface area contributed by atoms with E-state index in [1.807, 2.05) is 43.3 Å². The molecule has 18 heavy (non-hydrogen) atoms. The molecule has 6 heteroatoms. The first-order valence-corrected chi connectivity index (χ1v) is 5.21. The molecule has 0 amide bonds. The molecule has 0 atom stereocenters. The number of anilines is 1. The molecule has 0 aliphatic rings. The number of esters is 1. The van der Waals surface area contributed by atoms with Gasteiger partial charge in [0.15, 0.2) is 0 Å². The number of azide groups is 1. The van der Waals surface area contributed by atoms with Crippen LogP contribution in [0.3, 0.4) is 0 Å². The van der Waals surface area contributed by atoms with E-state index >= 15 is 0 Å². The Hall–Kier alpha value is -2.46. The molecular weight excluding hydrogens is 232 g/mol. The molecule has 0 aliphatic heterocycles. The number of carbonyl (C=O) groups is 1. The van der Waals surface area contributed by atoms with Crippen LogP contribution in [0.4, 0.5) is 5.69 Å². The summed E-state index contributed by atoms with van der Waals surface area (Å²) < 4.78 is 4.55. The van der Waals surface area contributed by atoms with Crippen molar-refractivity contribution in [2.75, 3.05) is 26.1 Å². The molecule has 0 bridgehead atoms. The average molecular weight is 246 g/mol. The Morgan fingerprint density at radius 3 is 2.67 bits per heavy atom. The van der Waals surface area contributed by atoms with E-state index in [2.05, 4.69) is 14.8 Å². The topological polar surface area (TPSA) is 78.3 Å². The Balaban J connectivity index is 3.28. The lowest BCUT2D eigenvalue weighted by atomic mass is 10.1. The largest absolute Gasteiger partial charge is 0.466 e. The van der Waals surface area contributed by atoms with Crippen LogP contribution in [0.2, 0.25) is 0 Å². The van der Waals surface area contributed by atoms with Crippen LogP contribution in [-0.4, -0.2) is 27.2 Å². The number of benzene rings is 1. The van der Waals surface area contributed by atoms with E-state index in [1.54, 1.807) is 0 Å². The average Bonchev–Trinajstić information content (AvgIpc) is 2.37. The highest BCUT2D eigenvalue weighted by atomic mass is 16.5. The van der Waals surface area contributed by atoms with E-state index in [9.17, 15) is 4.79 Å². The number of hydrogen-bond donors (Lipinski definition) is 0. The van der Waals surface area contributed by atoms with Crippen molar-refractivity contribution in [3.63, 3.8) is 0 Å². The quantitative estimate of drug-likeness (QED) is 0.269. The van der Waals surface area contributed by atoms with Gasteiger partial charge in [0.2, 0.25) is 0 Å². The molecule has 0 spiro atoms. The number of nitrogens with zero attached hydrogens (tertiary/aromatic N) is 4. The highest BCUT2D eigenvalue weighted by molar-refractivity contribution is 5.94. The summed E-state index contributed by atoms with van der Waals surface area (Å²) >= 11 is 0. The minimum Gasteiger partial charge on any atom is -0.466 e. The summed E-state index contributed by atoms with van der Waals surface area (Å²) in [4.78, 5) is 15.9. The minimum atomic E-state index is -0.665. The van der Waals surface area contributed by atoms with Gasteiger partial charge in [-0.15, -0.1) is 0 Å². The summed E-state index contributed by atoms with van der Waals surface area (Å²) in [5, 5.41) is 3.34. The van der Waals surface area contributed by atoms with Crippen LogP contribution in [0, 0.1) is 0 Å². The summed E-state index contributed by atoms with van der Waals surface area (Å²) in [7, 11) is 5.01. The number of carbonyl (C=O) groups excluding carboxylic acids is 1. The number of methoxy groups -OCH3 is 1. The highest BCUT2D eigenvalue weighted by Gasteiger charge is 2.09. The molecule has 0 saturated heterocycles. The van der Waals surface area contributed by atoms with Crippen LogP contribution >= 0.6 is 0 Å². The van der Waals surface area contributed by atoms with Crippen molar-refractivity contribution in [1.29, 1.82) is 0 Å². The zero-order chi connectivity index (χ0) is 13.5. The fourth-order valence-corrected chi connectivity index (χ4v) is 1.45. The molecule has 1 aromatic carbocycles. The molecule has 1 aromatic rings. The molecule has 0 aromatic heterocycles. The zero-order valence-corrected chi connectivity index (χ0v) is 10.5. The normalized spacial score (nSPS) is 10.5. The minimum absolute atomic E-state index is 0.0747. The smallest absolute Gasteiger partial charge is 0.340 e. The van der Waals surface area contributed by atoms with E-state index in [-0.39, 0.29) is 5.70 Å². The van der Waals surface area contributed by atoms with Crippen LogP contribution in [0.1, 0.15) is 5.56 Å². The van der Waals surface area contributed by atoms with Crippen molar-refractivity contribution in [1.82, 2.24) is 0 Å². The van der Waals surface area contributed by atoms with Gasteiger partial charge in [0.25, 0.3) is 0 Å². The lowest BCUT2D eigenvalue weighted by molar-refractivity contribution is -0.136. The van der Waals surface area contributed by atoms with Crippen molar-refractivity contribution < 1.29 is 9.53 Å². The van der Waals surface area contributed by atoms with Crippen molar-refractivity contribution in [3.8, 4) is 0 Å². The molecule has 0 aliphatic carbocycles. The highest BCUT2D eigenvalue weighted by Crippen LogP contribution is 2.21. The number of rotatable bonds is 4. The molecule has 0 heterocycles. The van der Waals surface area contributed by atoms with E-state index < -0.39 is 5.97 Å². The fraction of sp³-hybridized carbons (Fsp3) is 0.250. The first-order chi connectivity index (χ1) is 8.60. The molecule has 0 fully saturated rings. The van der Waals surface area contributed by atoms with Gasteiger partial charge in [-0.2, -0.15) is 0 Å². The molecule has 94 valence electrons. The molecule has 6 nitrogen and oxygen atoms in total. The van der Waals surface area contributed by atoms with E-state index in [0.717, 1.165) is 11.3 Å². The Kier molecular flexibility index (Phi) is 4.78. The zero-order valence-electron chi connectivity index (χ0n) is 10.5. The third-order valence-corrected chi connectivity index (χ3v) is 2.26. The third kappa shape index (κ3) is 3.26. The van der Waals surface area contributed by atoms with E-state index in [0.29, 0.717) is 0 Å². The SMILES string of the molecule is COC(=O)C(=Cc1ccccc1N(C)C)N=[N+]=[N-]. The Morgan fingerprint density at radius 1 is 1.44 bits per heavy atom. The Labute approximate surface area is 105 Å². The van der Waals surface area contributed by atoms with Gasteiger partial charge >= 0.3 is 5.97 Å². The van der Waals surface area contributed by atoms with Crippen LogP contribution < -0.4 is 4.90 Å². The van der Waals surface area contributed by atoms with Crippen molar-refractivity contribution in [2.45, 2.75) is 0 Å². The van der Waals surface area contributed by atoms with Gasteiger partial charge in [0, 0.05) is 24.7 Å². The van der Waals surface area contributed by atoms with E-state index in [4.69, 9.17) is 5.53 Å². The predicted octanol–water partition coefficient (Wildman–Crippen LogP) is 2.58. The van der Waals surface area contributed by atoms with Crippen molar-refractivity contribution in [3.05, 3.63) is 46.0 Å². The van der Waals surface area contributed by atoms with Gasteiger partial charge in [0.1, 0.15) is 5.70 Å². The van der Waals surface area contributed by atoms with Crippen LogP contribution in [-0.2, 0) is 9.53 Å². The molecule has 1 rings (SSSR count). The number of hydrogen-bond acceptors (Lipinski definition) is 4. The van der Waals surface area contributed by atoms with Gasteiger partial charge < -0.3 is 9.64 Å². The molecular formula is C12H14N4O2. The second-order valence-electron chi connectivity index (χ2n) is 3.66. The third-order valence-electron chi connectivity index (χ3n) is 2.26. The van der Waals surface area contributed by atoms with Gasteiger partial charge in [0.05, 0.1) is 7.11 Å². The monoisotopic (exact) mass is 246 g/mol. The summed E-state index contributed by atoms with van der Waals surface area (Å²) in [5.41, 5.74) is 10.0. The molecule has 0 radical (unpaired) electrons. The maximum Gasteiger partial charge on any atom is 0.340 e. The molecule has 0 unspecified atom stereocenters. The van der Waals surface area contributed by atoms with Crippen LogP contribution in [0.5, 0.6) is 0 Å². The second kappa shape index (κ2) is 6.32. The molecule has 0 saturated carbocycles. The van der Waals surface area contributed by atoms with Crippen molar-refractivity contribution >= 4 is 17.7 Å². The van der Waals surface area contributed by atoms with Gasteiger partial charge in [-0.3, -0.25) is 0 Å². The van der Waals surface area contributed by atoms with E-state index in [1.165, 1.54) is 13.2 Å². The molecule has 0 N–H and O–H groups in total. The summed E-state index contributed by atoms with van der Waals surface area (Å²) in [6.07, 6.45) is 1.50. The summed E-state index contributed by atoms with van der Waals surface area (Å²) in [6, 6.07) is 7.45. The summed E-state index contributed by atoms with van der Waals surface area (Å²) in [6.45, 7) is 0. The lowest BCUT2D eigenvalue weighted by Gasteiger charge is -2.15.